The van der Waals surface area contributed by atoms with Gasteiger partial charge in [0.15, 0.2) is 0 Å². The fraction of sp³-hybridized carbons (Fsp3) is 0.516. The zero-order valence-electron chi connectivity index (χ0n) is 21.2. The largest absolute Gasteiger partial charge is 0.493 e. The highest BCUT2D eigenvalue weighted by molar-refractivity contribution is 5.87. The van der Waals surface area contributed by atoms with E-state index in [1.807, 2.05) is 19.1 Å². The van der Waals surface area contributed by atoms with E-state index in [0.717, 1.165) is 41.1 Å². The van der Waals surface area contributed by atoms with Crippen molar-refractivity contribution in [2.45, 2.75) is 64.2 Å². The Morgan fingerprint density at radius 3 is 2.43 bits per heavy atom. The molecule has 0 aliphatic heterocycles. The van der Waals surface area contributed by atoms with E-state index in [-0.39, 0.29) is 5.97 Å². The third-order valence-electron chi connectivity index (χ3n) is 8.47. The van der Waals surface area contributed by atoms with Crippen LogP contribution in [0, 0.1) is 24.7 Å². The number of benzene rings is 2. The number of rotatable bonds is 9. The first-order valence-electron chi connectivity index (χ1n) is 13.4. The molecule has 35 heavy (non-hydrogen) atoms. The minimum Gasteiger partial charge on any atom is -0.493 e. The van der Waals surface area contributed by atoms with Gasteiger partial charge in [0, 0.05) is 11.6 Å². The lowest BCUT2D eigenvalue weighted by Crippen LogP contribution is -2.48. The number of ether oxygens (including phenoxy) is 2. The van der Waals surface area contributed by atoms with Gasteiger partial charge in [0.05, 0.1) is 13.2 Å². The molecule has 4 nitrogen and oxygen atoms in total. The standard InChI is InChI=1S/C31H39NO3/c1-3-34-30(33)10-7-22-6-9-27(29(16-22)35-12-4-11-32)26-8-5-21(2)28(17-26)31-18-23-13-24(19-31)15-25(14-23)20-31/h5-10,16-17,23-25H,3-4,11-15,18-20,32H2,1-2H3/b10-7+. The van der Waals surface area contributed by atoms with Crippen molar-refractivity contribution >= 4 is 12.0 Å². The van der Waals surface area contributed by atoms with E-state index >= 15 is 0 Å². The van der Waals surface area contributed by atoms with Crippen LogP contribution in [0.3, 0.4) is 0 Å². The highest BCUT2D eigenvalue weighted by Gasteiger charge is 2.52. The topological polar surface area (TPSA) is 61.5 Å². The summed E-state index contributed by atoms with van der Waals surface area (Å²) in [5.41, 5.74) is 12.3. The molecule has 4 heteroatoms. The van der Waals surface area contributed by atoms with Crippen molar-refractivity contribution in [3.63, 3.8) is 0 Å². The molecule has 2 N–H and O–H groups in total. The maximum absolute atomic E-state index is 11.8. The average Bonchev–Trinajstić information content (AvgIpc) is 2.83. The zero-order valence-corrected chi connectivity index (χ0v) is 21.2. The van der Waals surface area contributed by atoms with E-state index < -0.39 is 0 Å². The minimum absolute atomic E-state index is 0.332. The van der Waals surface area contributed by atoms with Crippen molar-refractivity contribution < 1.29 is 14.3 Å². The van der Waals surface area contributed by atoms with Crippen molar-refractivity contribution in [3.8, 4) is 16.9 Å². The molecule has 4 fully saturated rings. The summed E-state index contributed by atoms with van der Waals surface area (Å²) >= 11 is 0. The summed E-state index contributed by atoms with van der Waals surface area (Å²) in [6.45, 7) is 5.64. The first-order chi connectivity index (χ1) is 17.0. The van der Waals surface area contributed by atoms with Gasteiger partial charge in [-0.25, -0.2) is 4.79 Å². The van der Waals surface area contributed by atoms with Gasteiger partial charge in [0.25, 0.3) is 0 Å². The molecule has 2 aromatic carbocycles. The summed E-state index contributed by atoms with van der Waals surface area (Å²) < 4.78 is 11.2. The molecule has 4 aliphatic rings. The van der Waals surface area contributed by atoms with Crippen LogP contribution in [0.2, 0.25) is 0 Å². The van der Waals surface area contributed by atoms with Gasteiger partial charge < -0.3 is 15.2 Å². The van der Waals surface area contributed by atoms with Gasteiger partial charge >= 0.3 is 5.97 Å². The molecule has 4 bridgehead atoms. The van der Waals surface area contributed by atoms with Crippen molar-refractivity contribution in [2.75, 3.05) is 19.8 Å². The van der Waals surface area contributed by atoms with Crippen LogP contribution in [0.1, 0.15) is 68.6 Å². The highest BCUT2D eigenvalue weighted by atomic mass is 16.5. The quantitative estimate of drug-likeness (QED) is 0.259. The Bertz CT molecular complexity index is 1070. The Morgan fingerprint density at radius 1 is 1.06 bits per heavy atom. The summed E-state index contributed by atoms with van der Waals surface area (Å²) in [7, 11) is 0. The molecule has 0 aromatic heterocycles. The van der Waals surface area contributed by atoms with Gasteiger partial charge in [-0.15, -0.1) is 0 Å². The maximum Gasteiger partial charge on any atom is 0.330 e. The predicted molar refractivity (Wildman–Crippen MR) is 141 cm³/mol. The second-order valence-electron chi connectivity index (χ2n) is 11.1. The van der Waals surface area contributed by atoms with Gasteiger partial charge in [0.1, 0.15) is 5.75 Å². The second kappa shape index (κ2) is 10.2. The molecule has 0 saturated heterocycles. The molecule has 0 spiro atoms. The molecular formula is C31H39NO3. The molecule has 6 rings (SSSR count). The molecular weight excluding hydrogens is 434 g/mol. The lowest BCUT2D eigenvalue weighted by Gasteiger charge is -2.57. The number of carbonyl (C=O) groups excluding carboxylic acids is 1. The lowest BCUT2D eigenvalue weighted by molar-refractivity contribution is -0.137. The van der Waals surface area contributed by atoms with Crippen LogP contribution in [0.15, 0.2) is 42.5 Å². The molecule has 4 aliphatic carbocycles. The maximum atomic E-state index is 11.8. The molecule has 0 unspecified atom stereocenters. The van der Waals surface area contributed by atoms with E-state index in [2.05, 4.69) is 31.2 Å². The van der Waals surface area contributed by atoms with E-state index in [1.165, 1.54) is 55.7 Å². The van der Waals surface area contributed by atoms with E-state index in [4.69, 9.17) is 15.2 Å². The summed E-state index contributed by atoms with van der Waals surface area (Å²) in [5, 5.41) is 0. The Morgan fingerprint density at radius 2 is 1.77 bits per heavy atom. The predicted octanol–water partition coefficient (Wildman–Crippen LogP) is 6.43. The summed E-state index contributed by atoms with van der Waals surface area (Å²) in [4.78, 5) is 11.8. The molecule has 4 saturated carbocycles. The smallest absolute Gasteiger partial charge is 0.330 e. The Labute approximate surface area is 209 Å². The Hall–Kier alpha value is -2.59. The van der Waals surface area contributed by atoms with E-state index in [9.17, 15) is 4.79 Å². The van der Waals surface area contributed by atoms with Gasteiger partial charge in [-0.1, -0.05) is 30.3 Å². The van der Waals surface area contributed by atoms with Crippen LogP contribution in [0.5, 0.6) is 5.75 Å². The Kier molecular flexibility index (Phi) is 7.02. The molecule has 186 valence electrons. The number of hydrogen-bond donors (Lipinski definition) is 1. The zero-order chi connectivity index (χ0) is 24.4. The fourth-order valence-corrected chi connectivity index (χ4v) is 7.42. The lowest BCUT2D eigenvalue weighted by atomic mass is 9.47. The van der Waals surface area contributed by atoms with Crippen molar-refractivity contribution in [1.29, 1.82) is 0 Å². The SMILES string of the molecule is CCOC(=O)/C=C/c1ccc(-c2ccc(C)c(C34CC5CC(CC(C5)C3)C4)c2)c(OCCCN)c1. The molecule has 0 heterocycles. The highest BCUT2D eigenvalue weighted by Crippen LogP contribution is 2.61. The summed E-state index contributed by atoms with van der Waals surface area (Å²) in [5.74, 6) is 3.27. The number of aryl methyl sites for hydroxylation is 1. The normalized spacial score (nSPS) is 26.9. The summed E-state index contributed by atoms with van der Waals surface area (Å²) in [6, 6.07) is 13.2. The van der Waals surface area contributed by atoms with Crippen molar-refractivity contribution in [1.82, 2.24) is 0 Å². The minimum atomic E-state index is -0.332. The number of esters is 1. The monoisotopic (exact) mass is 473 g/mol. The Balaban J connectivity index is 1.48. The van der Waals surface area contributed by atoms with Crippen LogP contribution >= 0.6 is 0 Å². The number of nitrogens with two attached hydrogens (primary N) is 1. The first-order valence-corrected chi connectivity index (χ1v) is 13.4. The summed E-state index contributed by atoms with van der Waals surface area (Å²) in [6.07, 6.45) is 12.5. The van der Waals surface area contributed by atoms with Gasteiger partial charge in [0.2, 0.25) is 0 Å². The van der Waals surface area contributed by atoms with Crippen molar-refractivity contribution in [2.24, 2.45) is 23.5 Å². The van der Waals surface area contributed by atoms with Crippen LogP contribution in [-0.2, 0) is 14.9 Å². The number of hydrogen-bond acceptors (Lipinski definition) is 4. The van der Waals surface area contributed by atoms with E-state index in [0.29, 0.717) is 25.2 Å². The van der Waals surface area contributed by atoms with Crippen LogP contribution in [0.25, 0.3) is 17.2 Å². The second-order valence-corrected chi connectivity index (χ2v) is 11.1. The van der Waals surface area contributed by atoms with Crippen LogP contribution < -0.4 is 10.5 Å². The van der Waals surface area contributed by atoms with Gasteiger partial charge in [-0.2, -0.15) is 0 Å². The first kappa shape index (κ1) is 24.1. The van der Waals surface area contributed by atoms with E-state index in [1.54, 1.807) is 11.6 Å². The third-order valence-corrected chi connectivity index (χ3v) is 8.47. The molecule has 0 atom stereocenters. The average molecular weight is 474 g/mol. The van der Waals surface area contributed by atoms with Crippen molar-refractivity contribution in [3.05, 3.63) is 59.2 Å². The van der Waals surface area contributed by atoms with Crippen LogP contribution in [-0.4, -0.2) is 25.7 Å². The molecule has 2 aromatic rings. The van der Waals surface area contributed by atoms with Gasteiger partial charge in [-0.05, 0) is 123 Å². The van der Waals surface area contributed by atoms with Crippen LogP contribution in [0.4, 0.5) is 0 Å². The molecule has 0 radical (unpaired) electrons. The van der Waals surface area contributed by atoms with Gasteiger partial charge in [-0.3, -0.25) is 0 Å². The molecule has 0 amide bonds. The number of carbonyl (C=O) groups is 1. The third kappa shape index (κ3) is 5.04. The fourth-order valence-electron chi connectivity index (χ4n) is 7.42.